The molecule has 1 aliphatic carbocycles. The molecule has 2 atom stereocenters. The molecule has 0 unspecified atom stereocenters. The van der Waals surface area contributed by atoms with Gasteiger partial charge >= 0.3 is 0 Å². The summed E-state index contributed by atoms with van der Waals surface area (Å²) in [6.07, 6.45) is 2.44. The largest absolute Gasteiger partial charge is 0.300 e. The summed E-state index contributed by atoms with van der Waals surface area (Å²) in [5.74, 6) is 0.334. The summed E-state index contributed by atoms with van der Waals surface area (Å²) in [5.41, 5.74) is 0. The molecule has 5 nitrogen and oxygen atoms in total. The van der Waals surface area contributed by atoms with Gasteiger partial charge in [0.2, 0.25) is 11.0 Å². The van der Waals surface area contributed by atoms with Crippen molar-refractivity contribution < 1.29 is 4.79 Å². The van der Waals surface area contributed by atoms with Crippen molar-refractivity contribution in [2.45, 2.75) is 10.8 Å². The van der Waals surface area contributed by atoms with Crippen LogP contribution < -0.4 is 5.32 Å². The minimum absolute atomic E-state index is 0.127. The molecule has 0 saturated heterocycles. The first-order valence-electron chi connectivity index (χ1n) is 5.02. The minimum Gasteiger partial charge on any atom is -0.300 e. The highest BCUT2D eigenvalue weighted by Gasteiger charge is 2.43. The maximum Gasteiger partial charge on any atom is 0.230 e. The lowest BCUT2D eigenvalue weighted by atomic mass is 10.3. The first kappa shape index (κ1) is 12.1. The smallest absolute Gasteiger partial charge is 0.230 e. The topological polar surface area (TPSA) is 78.7 Å². The monoisotopic (exact) mass is 266 g/mol. The van der Waals surface area contributed by atoms with Gasteiger partial charge in [0.15, 0.2) is 4.34 Å². The van der Waals surface area contributed by atoms with Gasteiger partial charge in [-0.1, -0.05) is 29.2 Å². The zero-order chi connectivity index (χ0) is 12.3. The normalized spacial score (nSPS) is 21.6. The molecule has 1 aliphatic rings. The molecule has 88 valence electrons. The Bertz CT molecular complexity index is 479. The van der Waals surface area contributed by atoms with E-state index in [1.165, 1.54) is 23.1 Å². The highest BCUT2D eigenvalue weighted by atomic mass is 32.2. The van der Waals surface area contributed by atoms with Crippen molar-refractivity contribution in [3.8, 4) is 6.07 Å². The van der Waals surface area contributed by atoms with Gasteiger partial charge in [0.1, 0.15) is 0 Å². The van der Waals surface area contributed by atoms with E-state index in [-0.39, 0.29) is 17.7 Å². The van der Waals surface area contributed by atoms with Gasteiger partial charge in [0.25, 0.3) is 0 Å². The van der Waals surface area contributed by atoms with Crippen LogP contribution in [0.5, 0.6) is 0 Å². The highest BCUT2D eigenvalue weighted by molar-refractivity contribution is 8.01. The summed E-state index contributed by atoms with van der Waals surface area (Å²) in [4.78, 5) is 11.6. The van der Waals surface area contributed by atoms with E-state index < -0.39 is 0 Å². The van der Waals surface area contributed by atoms with E-state index in [1.54, 1.807) is 6.08 Å². The number of carbonyl (C=O) groups excluding carboxylic acids is 1. The van der Waals surface area contributed by atoms with Gasteiger partial charge in [-0.2, -0.15) is 5.26 Å². The van der Waals surface area contributed by atoms with Crippen molar-refractivity contribution in [1.29, 1.82) is 5.26 Å². The molecular weight excluding hydrogens is 256 g/mol. The van der Waals surface area contributed by atoms with Crippen LogP contribution in [0.2, 0.25) is 0 Å². The Balaban J connectivity index is 1.87. The standard InChI is InChI=1S/C10H10N4OS2/c1-2-3-16-10-14-13-9(17-10)12-8(15)7-4-6(7)5-11/h2,6-7H,1,3-4H2,(H,12,13,15)/t6-,7+/m0/s1. The van der Waals surface area contributed by atoms with Crippen molar-refractivity contribution in [2.75, 3.05) is 11.1 Å². The van der Waals surface area contributed by atoms with Gasteiger partial charge in [0, 0.05) is 5.75 Å². The number of nitriles is 1. The van der Waals surface area contributed by atoms with E-state index >= 15 is 0 Å². The molecule has 1 heterocycles. The fraction of sp³-hybridized carbons (Fsp3) is 0.400. The summed E-state index contributed by atoms with van der Waals surface area (Å²) < 4.78 is 0.799. The number of amides is 1. The fourth-order valence-electron chi connectivity index (χ4n) is 1.27. The lowest BCUT2D eigenvalue weighted by Crippen LogP contribution is -2.14. The molecule has 0 radical (unpaired) electrons. The van der Waals surface area contributed by atoms with Crippen molar-refractivity contribution >= 4 is 34.1 Å². The Morgan fingerprint density at radius 1 is 1.76 bits per heavy atom. The molecule has 17 heavy (non-hydrogen) atoms. The summed E-state index contributed by atoms with van der Waals surface area (Å²) in [6, 6.07) is 2.08. The summed E-state index contributed by atoms with van der Waals surface area (Å²) in [5, 5.41) is 19.6. The number of hydrogen-bond donors (Lipinski definition) is 1. The quantitative estimate of drug-likeness (QED) is 0.500. The number of anilines is 1. The van der Waals surface area contributed by atoms with Crippen molar-refractivity contribution in [1.82, 2.24) is 10.2 Å². The van der Waals surface area contributed by atoms with E-state index in [9.17, 15) is 4.79 Å². The van der Waals surface area contributed by atoms with Gasteiger partial charge in [-0.3, -0.25) is 4.79 Å². The molecule has 1 N–H and O–H groups in total. The van der Waals surface area contributed by atoms with Crippen LogP contribution in [-0.2, 0) is 4.79 Å². The van der Waals surface area contributed by atoms with E-state index in [4.69, 9.17) is 5.26 Å². The molecule has 7 heteroatoms. The molecule has 0 aromatic carbocycles. The number of carbonyl (C=O) groups is 1. The molecule has 0 aliphatic heterocycles. The van der Waals surface area contributed by atoms with Gasteiger partial charge in [-0.25, -0.2) is 0 Å². The van der Waals surface area contributed by atoms with Crippen LogP contribution in [0.15, 0.2) is 17.0 Å². The summed E-state index contributed by atoms with van der Waals surface area (Å²) in [6.45, 7) is 3.62. The first-order chi connectivity index (χ1) is 8.24. The zero-order valence-corrected chi connectivity index (χ0v) is 10.6. The Hall–Kier alpha value is -1.39. The third-order valence-electron chi connectivity index (χ3n) is 2.25. The number of thioether (sulfide) groups is 1. The van der Waals surface area contributed by atoms with Crippen molar-refractivity contribution in [2.24, 2.45) is 11.8 Å². The van der Waals surface area contributed by atoms with Crippen LogP contribution in [0.25, 0.3) is 0 Å². The number of rotatable bonds is 5. The van der Waals surface area contributed by atoms with Gasteiger partial charge in [0.05, 0.1) is 17.9 Å². The van der Waals surface area contributed by atoms with Crippen LogP contribution in [0.3, 0.4) is 0 Å². The Kier molecular flexibility index (Phi) is 3.76. The second-order valence-electron chi connectivity index (χ2n) is 3.54. The van der Waals surface area contributed by atoms with Crippen molar-refractivity contribution in [3.05, 3.63) is 12.7 Å². The Labute approximate surface area is 107 Å². The molecule has 1 amide bonds. The second kappa shape index (κ2) is 5.29. The third-order valence-corrected chi connectivity index (χ3v) is 4.22. The summed E-state index contributed by atoms with van der Waals surface area (Å²) in [7, 11) is 0. The first-order valence-corrected chi connectivity index (χ1v) is 6.82. The van der Waals surface area contributed by atoms with Crippen LogP contribution in [0.4, 0.5) is 5.13 Å². The summed E-state index contributed by atoms with van der Waals surface area (Å²) >= 11 is 2.85. The van der Waals surface area contributed by atoms with E-state index in [1.807, 2.05) is 0 Å². The Morgan fingerprint density at radius 3 is 3.24 bits per heavy atom. The fourth-order valence-corrected chi connectivity index (χ4v) is 2.79. The molecule has 1 fully saturated rings. The number of nitrogens with zero attached hydrogens (tertiary/aromatic N) is 3. The average Bonchev–Trinajstić information content (AvgIpc) is 3.01. The van der Waals surface area contributed by atoms with Crippen LogP contribution in [-0.4, -0.2) is 21.9 Å². The average molecular weight is 266 g/mol. The van der Waals surface area contributed by atoms with Crippen LogP contribution >= 0.6 is 23.1 Å². The number of nitrogens with one attached hydrogen (secondary N) is 1. The second-order valence-corrected chi connectivity index (χ2v) is 5.78. The molecule has 1 aromatic rings. The number of aromatic nitrogens is 2. The van der Waals surface area contributed by atoms with Gasteiger partial charge < -0.3 is 5.32 Å². The molecule has 1 saturated carbocycles. The predicted molar refractivity (Wildman–Crippen MR) is 66.7 cm³/mol. The van der Waals surface area contributed by atoms with Crippen LogP contribution in [0.1, 0.15) is 6.42 Å². The molecular formula is C10H10N4OS2. The maximum atomic E-state index is 11.6. The zero-order valence-electron chi connectivity index (χ0n) is 8.92. The third kappa shape index (κ3) is 3.05. The lowest BCUT2D eigenvalue weighted by Gasteiger charge is -1.96. The molecule has 2 rings (SSSR count). The maximum absolute atomic E-state index is 11.6. The number of hydrogen-bond acceptors (Lipinski definition) is 6. The molecule has 0 spiro atoms. The van der Waals surface area contributed by atoms with E-state index in [0.29, 0.717) is 11.6 Å². The Morgan fingerprint density at radius 2 is 2.59 bits per heavy atom. The van der Waals surface area contributed by atoms with E-state index in [2.05, 4.69) is 28.2 Å². The van der Waals surface area contributed by atoms with Gasteiger partial charge in [-0.05, 0) is 6.42 Å². The van der Waals surface area contributed by atoms with Crippen molar-refractivity contribution in [3.63, 3.8) is 0 Å². The highest BCUT2D eigenvalue weighted by Crippen LogP contribution is 2.38. The predicted octanol–water partition coefficient (Wildman–Crippen LogP) is 1.91. The van der Waals surface area contributed by atoms with E-state index in [0.717, 1.165) is 10.1 Å². The molecule has 1 aromatic heterocycles. The lowest BCUT2D eigenvalue weighted by molar-refractivity contribution is -0.117. The SMILES string of the molecule is C=CCSc1nnc(NC(=O)[C@@H]2C[C@H]2C#N)s1. The van der Waals surface area contributed by atoms with Gasteiger partial charge in [-0.15, -0.1) is 16.8 Å². The van der Waals surface area contributed by atoms with Crippen LogP contribution in [0, 0.1) is 23.2 Å². The molecule has 0 bridgehead atoms. The minimum atomic E-state index is -0.173.